The number of para-hydroxylation sites is 1. The summed E-state index contributed by atoms with van der Waals surface area (Å²) in [6.07, 6.45) is 3.25. The van der Waals surface area contributed by atoms with Gasteiger partial charge >= 0.3 is 6.03 Å². The molecule has 3 amide bonds. The summed E-state index contributed by atoms with van der Waals surface area (Å²) in [4.78, 5) is 41.7. The predicted octanol–water partition coefficient (Wildman–Crippen LogP) is 7.28. The number of benzene rings is 3. The number of H-pyrrole nitrogens is 1. The SMILES string of the molecule is Cc1c(NC(=O)N(C)c2c(F)cccc2C=O)cccc1-c1c(Cl)cc(C(N)=O)c2[nH]c3c(c12)CCC(C(C)C)C3. The van der Waals surface area contributed by atoms with Gasteiger partial charge in [0, 0.05) is 40.0 Å². The predicted molar refractivity (Wildman–Crippen MR) is 162 cm³/mol. The van der Waals surface area contributed by atoms with Crippen molar-refractivity contribution in [3.63, 3.8) is 0 Å². The normalized spacial score (nSPS) is 14.7. The molecule has 1 unspecified atom stereocenters. The van der Waals surface area contributed by atoms with Crippen LogP contribution in [0.25, 0.3) is 22.0 Å². The third-order valence-electron chi connectivity index (χ3n) is 8.29. The van der Waals surface area contributed by atoms with Crippen LogP contribution in [0.3, 0.4) is 0 Å². The number of rotatable bonds is 6. The van der Waals surface area contributed by atoms with Crippen molar-refractivity contribution in [3.8, 4) is 11.1 Å². The molecule has 212 valence electrons. The zero-order valence-electron chi connectivity index (χ0n) is 23.4. The molecule has 0 saturated heterocycles. The summed E-state index contributed by atoms with van der Waals surface area (Å²) in [7, 11) is 1.40. The highest BCUT2D eigenvalue weighted by molar-refractivity contribution is 6.36. The molecule has 1 atom stereocenters. The Hall–Kier alpha value is -4.17. The van der Waals surface area contributed by atoms with Crippen LogP contribution in [-0.4, -0.2) is 30.3 Å². The van der Waals surface area contributed by atoms with Crippen molar-refractivity contribution in [2.24, 2.45) is 17.6 Å². The van der Waals surface area contributed by atoms with Gasteiger partial charge in [0.2, 0.25) is 0 Å². The minimum atomic E-state index is -0.682. The molecule has 1 aliphatic carbocycles. The van der Waals surface area contributed by atoms with Crippen LogP contribution >= 0.6 is 11.6 Å². The van der Waals surface area contributed by atoms with E-state index in [-0.39, 0.29) is 11.3 Å². The average molecular weight is 575 g/mol. The number of halogens is 2. The number of fused-ring (bicyclic) bond motifs is 3. The van der Waals surface area contributed by atoms with Crippen LogP contribution in [0.1, 0.15) is 57.8 Å². The Morgan fingerprint density at radius 1 is 1.22 bits per heavy atom. The van der Waals surface area contributed by atoms with Crippen molar-refractivity contribution < 1.29 is 18.8 Å². The van der Waals surface area contributed by atoms with E-state index in [1.807, 2.05) is 13.0 Å². The molecule has 9 heteroatoms. The number of nitrogens with two attached hydrogens (primary N) is 1. The third-order valence-corrected chi connectivity index (χ3v) is 8.59. The Labute approximate surface area is 242 Å². The first-order valence-corrected chi connectivity index (χ1v) is 13.9. The number of anilines is 2. The minimum Gasteiger partial charge on any atom is -0.366 e. The quantitative estimate of drug-likeness (QED) is 0.211. The van der Waals surface area contributed by atoms with Crippen molar-refractivity contribution in [2.45, 2.75) is 40.0 Å². The topological polar surface area (TPSA) is 108 Å². The summed E-state index contributed by atoms with van der Waals surface area (Å²) in [6, 6.07) is 10.5. The van der Waals surface area contributed by atoms with E-state index < -0.39 is 17.8 Å². The van der Waals surface area contributed by atoms with Crippen LogP contribution in [0, 0.1) is 24.6 Å². The lowest BCUT2D eigenvalue weighted by atomic mass is 9.79. The molecule has 0 aliphatic heterocycles. The zero-order valence-corrected chi connectivity index (χ0v) is 24.2. The van der Waals surface area contributed by atoms with Gasteiger partial charge in [-0.15, -0.1) is 0 Å². The van der Waals surface area contributed by atoms with Gasteiger partial charge in [-0.05, 0) is 79.0 Å². The number of aromatic amines is 1. The lowest BCUT2D eigenvalue weighted by Crippen LogP contribution is -2.33. The number of hydrogen-bond acceptors (Lipinski definition) is 3. The number of hydrogen-bond donors (Lipinski definition) is 3. The summed E-state index contributed by atoms with van der Waals surface area (Å²) in [5.41, 5.74) is 11.7. The monoisotopic (exact) mass is 574 g/mol. The first-order chi connectivity index (χ1) is 19.5. The first-order valence-electron chi connectivity index (χ1n) is 13.6. The number of primary amides is 1. The van der Waals surface area contributed by atoms with Gasteiger partial charge in [-0.1, -0.05) is 43.6 Å². The van der Waals surface area contributed by atoms with Crippen LogP contribution in [0.15, 0.2) is 42.5 Å². The molecule has 41 heavy (non-hydrogen) atoms. The lowest BCUT2D eigenvalue weighted by molar-refractivity contribution is 0.100. The molecule has 0 saturated carbocycles. The second kappa shape index (κ2) is 11.0. The molecule has 5 rings (SSSR count). The van der Waals surface area contributed by atoms with E-state index in [0.717, 1.165) is 57.5 Å². The largest absolute Gasteiger partial charge is 0.366 e. The highest BCUT2D eigenvalue weighted by Crippen LogP contribution is 2.45. The van der Waals surface area contributed by atoms with E-state index in [0.29, 0.717) is 39.9 Å². The standard InChI is InChI=1S/C32H32ClFN4O3/c1-16(2)18-11-12-21-26(13-18)36-29-22(31(35)40)14-23(33)27(28(21)29)20-8-6-10-25(17(20)3)37-32(41)38(4)30-19(15-39)7-5-9-24(30)34/h5-10,14-16,18,36H,11-13H2,1-4H3,(H2,35,40)(H,37,41). The number of carbonyl (C=O) groups excluding carboxylic acids is 3. The molecule has 1 heterocycles. The van der Waals surface area contributed by atoms with Crippen molar-refractivity contribution in [3.05, 3.63) is 81.3 Å². The number of amides is 3. The van der Waals surface area contributed by atoms with E-state index in [9.17, 15) is 18.8 Å². The van der Waals surface area contributed by atoms with Gasteiger partial charge < -0.3 is 16.0 Å². The van der Waals surface area contributed by atoms with E-state index in [1.165, 1.54) is 25.2 Å². The number of nitrogens with zero attached hydrogens (tertiary/aromatic N) is 1. The first kappa shape index (κ1) is 28.4. The highest BCUT2D eigenvalue weighted by atomic mass is 35.5. The van der Waals surface area contributed by atoms with Gasteiger partial charge in [0.1, 0.15) is 5.82 Å². The Balaban J connectivity index is 1.61. The summed E-state index contributed by atoms with van der Waals surface area (Å²) in [6.45, 7) is 6.31. The minimum absolute atomic E-state index is 0.0637. The van der Waals surface area contributed by atoms with Gasteiger partial charge in [0.05, 0.1) is 16.8 Å². The Bertz CT molecular complexity index is 1710. The summed E-state index contributed by atoms with van der Waals surface area (Å²) >= 11 is 6.88. The Kier molecular flexibility index (Phi) is 7.62. The van der Waals surface area contributed by atoms with Gasteiger partial charge in [-0.3, -0.25) is 14.5 Å². The van der Waals surface area contributed by atoms with E-state index in [1.54, 1.807) is 18.2 Å². The Morgan fingerprint density at radius 3 is 2.63 bits per heavy atom. The maximum atomic E-state index is 14.6. The molecule has 3 aromatic carbocycles. The van der Waals surface area contributed by atoms with Gasteiger partial charge in [0.25, 0.3) is 5.91 Å². The molecule has 0 fully saturated rings. The fourth-order valence-electron chi connectivity index (χ4n) is 5.95. The molecule has 7 nitrogen and oxygen atoms in total. The van der Waals surface area contributed by atoms with Crippen molar-refractivity contribution >= 4 is 52.1 Å². The zero-order chi connectivity index (χ0) is 29.6. The number of aldehydes is 1. The van der Waals surface area contributed by atoms with Gasteiger partial charge in [0.15, 0.2) is 6.29 Å². The molecule has 1 aromatic heterocycles. The van der Waals surface area contributed by atoms with E-state index >= 15 is 0 Å². The second-order valence-electron chi connectivity index (χ2n) is 11.0. The number of carbonyl (C=O) groups is 3. The third kappa shape index (κ3) is 4.97. The summed E-state index contributed by atoms with van der Waals surface area (Å²) in [5.74, 6) is -0.191. The van der Waals surface area contributed by atoms with Crippen LogP contribution in [-0.2, 0) is 12.8 Å². The Morgan fingerprint density at radius 2 is 1.95 bits per heavy atom. The second-order valence-corrected chi connectivity index (χ2v) is 11.4. The van der Waals surface area contributed by atoms with Gasteiger partial charge in [-0.25, -0.2) is 9.18 Å². The smallest absolute Gasteiger partial charge is 0.326 e. The van der Waals surface area contributed by atoms with Crippen LogP contribution in [0.2, 0.25) is 5.02 Å². The van der Waals surface area contributed by atoms with Crippen molar-refractivity contribution in [1.82, 2.24) is 4.98 Å². The molecular weight excluding hydrogens is 543 g/mol. The maximum absolute atomic E-state index is 14.6. The molecular formula is C32H32ClFN4O3. The molecule has 4 aromatic rings. The van der Waals surface area contributed by atoms with Crippen molar-refractivity contribution in [2.75, 3.05) is 17.3 Å². The van der Waals surface area contributed by atoms with Crippen LogP contribution in [0.4, 0.5) is 20.6 Å². The number of aromatic nitrogens is 1. The molecule has 0 bridgehead atoms. The molecule has 1 aliphatic rings. The molecule has 4 N–H and O–H groups in total. The van der Waals surface area contributed by atoms with Crippen LogP contribution in [0.5, 0.6) is 0 Å². The maximum Gasteiger partial charge on any atom is 0.326 e. The highest BCUT2D eigenvalue weighted by Gasteiger charge is 2.29. The number of urea groups is 1. The van der Waals surface area contributed by atoms with E-state index in [4.69, 9.17) is 17.3 Å². The number of aryl methyl sites for hydroxylation is 1. The molecule has 0 spiro atoms. The fourth-order valence-corrected chi connectivity index (χ4v) is 6.26. The van der Waals surface area contributed by atoms with E-state index in [2.05, 4.69) is 24.1 Å². The van der Waals surface area contributed by atoms with Crippen molar-refractivity contribution in [1.29, 1.82) is 0 Å². The van der Waals surface area contributed by atoms with Gasteiger partial charge in [-0.2, -0.15) is 0 Å². The summed E-state index contributed by atoms with van der Waals surface area (Å²) < 4.78 is 14.6. The number of nitrogens with one attached hydrogen (secondary N) is 2. The average Bonchev–Trinajstić information content (AvgIpc) is 3.32. The summed E-state index contributed by atoms with van der Waals surface area (Å²) in [5, 5.41) is 4.10. The molecule has 0 radical (unpaired) electrons. The van der Waals surface area contributed by atoms with Crippen LogP contribution < -0.4 is 16.0 Å². The lowest BCUT2D eigenvalue weighted by Gasteiger charge is -2.26. The fraction of sp³-hybridized carbons (Fsp3) is 0.281.